The fraction of sp³-hybridized carbons (Fsp3) is 0.818. The molecule has 3 heteroatoms. The van der Waals surface area contributed by atoms with Crippen LogP contribution < -0.4 is 5.32 Å². The van der Waals surface area contributed by atoms with E-state index in [0.717, 1.165) is 44.9 Å². The van der Waals surface area contributed by atoms with E-state index in [4.69, 9.17) is 0 Å². The standard InChI is InChI=1S/C11H21NO2/c1-2-8-11(14)12-9-6-4-3-5-7-10-13/h10H,2-9H2,1H3,(H,12,14). The summed E-state index contributed by atoms with van der Waals surface area (Å²) in [6.45, 7) is 2.78. The van der Waals surface area contributed by atoms with Crippen molar-refractivity contribution in [1.82, 2.24) is 5.32 Å². The summed E-state index contributed by atoms with van der Waals surface area (Å²) in [5.41, 5.74) is 0. The predicted molar refractivity (Wildman–Crippen MR) is 57.1 cm³/mol. The minimum Gasteiger partial charge on any atom is -0.356 e. The van der Waals surface area contributed by atoms with Crippen molar-refractivity contribution in [3.8, 4) is 0 Å². The van der Waals surface area contributed by atoms with Gasteiger partial charge in [-0.2, -0.15) is 0 Å². The van der Waals surface area contributed by atoms with E-state index in [1.165, 1.54) is 0 Å². The summed E-state index contributed by atoms with van der Waals surface area (Å²) in [5, 5.41) is 2.87. The van der Waals surface area contributed by atoms with Gasteiger partial charge >= 0.3 is 0 Å². The zero-order chi connectivity index (χ0) is 10.6. The third-order valence-corrected chi connectivity index (χ3v) is 2.05. The molecule has 0 aromatic rings. The van der Waals surface area contributed by atoms with Gasteiger partial charge in [-0.15, -0.1) is 0 Å². The minimum atomic E-state index is 0.153. The van der Waals surface area contributed by atoms with E-state index in [1.807, 2.05) is 6.92 Å². The van der Waals surface area contributed by atoms with Gasteiger partial charge in [-0.3, -0.25) is 4.79 Å². The topological polar surface area (TPSA) is 46.2 Å². The minimum absolute atomic E-state index is 0.153. The first-order valence-electron chi connectivity index (χ1n) is 5.51. The number of carbonyl (C=O) groups excluding carboxylic acids is 2. The molecule has 0 fully saturated rings. The Balaban J connectivity index is 3.05. The summed E-state index contributed by atoms with van der Waals surface area (Å²) >= 11 is 0. The lowest BCUT2D eigenvalue weighted by Crippen LogP contribution is -2.23. The fourth-order valence-electron chi connectivity index (χ4n) is 1.25. The van der Waals surface area contributed by atoms with Gasteiger partial charge in [0.05, 0.1) is 0 Å². The van der Waals surface area contributed by atoms with E-state index in [-0.39, 0.29) is 5.91 Å². The van der Waals surface area contributed by atoms with Crippen molar-refractivity contribution < 1.29 is 9.59 Å². The summed E-state index contributed by atoms with van der Waals surface area (Å²) < 4.78 is 0. The van der Waals surface area contributed by atoms with Crippen LogP contribution in [0.1, 0.15) is 51.9 Å². The van der Waals surface area contributed by atoms with E-state index in [2.05, 4.69) is 5.32 Å². The van der Waals surface area contributed by atoms with Gasteiger partial charge in [0.15, 0.2) is 0 Å². The zero-order valence-electron chi connectivity index (χ0n) is 9.05. The van der Waals surface area contributed by atoms with Gasteiger partial charge in [0.25, 0.3) is 0 Å². The molecular formula is C11H21NO2. The summed E-state index contributed by atoms with van der Waals surface area (Å²) in [6, 6.07) is 0. The predicted octanol–water partition coefficient (Wildman–Crippen LogP) is 2.05. The normalized spacial score (nSPS) is 9.79. The molecule has 1 amide bonds. The van der Waals surface area contributed by atoms with Crippen LogP contribution in [-0.4, -0.2) is 18.7 Å². The van der Waals surface area contributed by atoms with Crippen LogP contribution in [0.25, 0.3) is 0 Å². The Morgan fingerprint density at radius 3 is 2.57 bits per heavy atom. The highest BCUT2D eigenvalue weighted by atomic mass is 16.1. The maximum atomic E-state index is 11.0. The first kappa shape index (κ1) is 13.1. The van der Waals surface area contributed by atoms with Crippen LogP contribution in [0, 0.1) is 0 Å². The first-order chi connectivity index (χ1) is 6.81. The molecule has 3 nitrogen and oxygen atoms in total. The van der Waals surface area contributed by atoms with Crippen molar-refractivity contribution in [2.24, 2.45) is 0 Å². The monoisotopic (exact) mass is 199 g/mol. The first-order valence-corrected chi connectivity index (χ1v) is 5.51. The highest BCUT2D eigenvalue weighted by Gasteiger charge is 1.97. The summed E-state index contributed by atoms with van der Waals surface area (Å²) in [7, 11) is 0. The molecule has 0 bridgehead atoms. The maximum absolute atomic E-state index is 11.0. The van der Waals surface area contributed by atoms with E-state index < -0.39 is 0 Å². The lowest BCUT2D eigenvalue weighted by molar-refractivity contribution is -0.121. The lowest BCUT2D eigenvalue weighted by atomic mass is 10.1. The molecule has 0 aliphatic carbocycles. The number of rotatable bonds is 9. The molecule has 0 atom stereocenters. The maximum Gasteiger partial charge on any atom is 0.219 e. The Bertz CT molecular complexity index is 157. The molecule has 14 heavy (non-hydrogen) atoms. The molecule has 82 valence electrons. The van der Waals surface area contributed by atoms with Gasteiger partial charge < -0.3 is 10.1 Å². The van der Waals surface area contributed by atoms with Crippen LogP contribution in [0.2, 0.25) is 0 Å². The Kier molecular flexibility index (Phi) is 9.59. The van der Waals surface area contributed by atoms with Gasteiger partial charge in [-0.05, 0) is 19.3 Å². The lowest BCUT2D eigenvalue weighted by Gasteiger charge is -2.03. The van der Waals surface area contributed by atoms with Crippen LogP contribution in [0.3, 0.4) is 0 Å². The molecule has 0 rings (SSSR count). The molecule has 0 spiro atoms. The van der Waals surface area contributed by atoms with E-state index >= 15 is 0 Å². The van der Waals surface area contributed by atoms with Crippen LogP contribution in [-0.2, 0) is 9.59 Å². The zero-order valence-corrected chi connectivity index (χ0v) is 9.05. The Labute approximate surface area is 86.3 Å². The second-order valence-electron chi connectivity index (χ2n) is 3.47. The SMILES string of the molecule is CCCC(=O)NCCCCCCC=O. The van der Waals surface area contributed by atoms with Crippen molar-refractivity contribution in [2.75, 3.05) is 6.54 Å². The van der Waals surface area contributed by atoms with Crippen LogP contribution in [0.4, 0.5) is 0 Å². The van der Waals surface area contributed by atoms with Crippen molar-refractivity contribution in [3.63, 3.8) is 0 Å². The Morgan fingerprint density at radius 2 is 1.93 bits per heavy atom. The summed E-state index contributed by atoms with van der Waals surface area (Å²) in [5.74, 6) is 0.153. The number of aldehydes is 1. The van der Waals surface area contributed by atoms with Crippen LogP contribution in [0.5, 0.6) is 0 Å². The van der Waals surface area contributed by atoms with Crippen molar-refractivity contribution in [2.45, 2.75) is 51.9 Å². The van der Waals surface area contributed by atoms with Gasteiger partial charge in [-0.1, -0.05) is 19.8 Å². The number of amides is 1. The van der Waals surface area contributed by atoms with Gasteiger partial charge in [0, 0.05) is 19.4 Å². The second-order valence-corrected chi connectivity index (χ2v) is 3.47. The van der Waals surface area contributed by atoms with Gasteiger partial charge in [0.2, 0.25) is 5.91 Å². The van der Waals surface area contributed by atoms with Crippen molar-refractivity contribution in [3.05, 3.63) is 0 Å². The third kappa shape index (κ3) is 9.23. The van der Waals surface area contributed by atoms with Gasteiger partial charge in [-0.25, -0.2) is 0 Å². The number of hydrogen-bond acceptors (Lipinski definition) is 2. The highest BCUT2D eigenvalue weighted by Crippen LogP contribution is 2.00. The van der Waals surface area contributed by atoms with Crippen LogP contribution in [0.15, 0.2) is 0 Å². The van der Waals surface area contributed by atoms with Crippen LogP contribution >= 0.6 is 0 Å². The number of carbonyl (C=O) groups is 2. The average Bonchev–Trinajstić information content (AvgIpc) is 2.17. The summed E-state index contributed by atoms with van der Waals surface area (Å²) in [6.07, 6.45) is 7.35. The average molecular weight is 199 g/mol. The Hall–Kier alpha value is -0.860. The molecule has 0 heterocycles. The molecule has 0 aromatic carbocycles. The molecule has 0 unspecified atom stereocenters. The largest absolute Gasteiger partial charge is 0.356 e. The molecule has 0 saturated carbocycles. The van der Waals surface area contributed by atoms with Gasteiger partial charge in [0.1, 0.15) is 6.29 Å². The summed E-state index contributed by atoms with van der Waals surface area (Å²) in [4.78, 5) is 21.0. The molecule has 0 aliphatic rings. The number of unbranched alkanes of at least 4 members (excludes halogenated alkanes) is 4. The quantitative estimate of drug-likeness (QED) is 0.456. The number of nitrogens with one attached hydrogen (secondary N) is 1. The smallest absolute Gasteiger partial charge is 0.219 e. The van der Waals surface area contributed by atoms with Crippen molar-refractivity contribution >= 4 is 12.2 Å². The number of hydrogen-bond donors (Lipinski definition) is 1. The van der Waals surface area contributed by atoms with Crippen molar-refractivity contribution in [1.29, 1.82) is 0 Å². The molecule has 0 saturated heterocycles. The van der Waals surface area contributed by atoms with E-state index in [1.54, 1.807) is 0 Å². The highest BCUT2D eigenvalue weighted by molar-refractivity contribution is 5.75. The van der Waals surface area contributed by atoms with E-state index in [9.17, 15) is 9.59 Å². The molecule has 0 aromatic heterocycles. The molecule has 1 N–H and O–H groups in total. The third-order valence-electron chi connectivity index (χ3n) is 2.05. The molecule has 0 aliphatic heterocycles. The van der Waals surface area contributed by atoms with E-state index in [0.29, 0.717) is 12.8 Å². The second kappa shape index (κ2) is 10.2. The molecule has 0 radical (unpaired) electrons. The fourth-order valence-corrected chi connectivity index (χ4v) is 1.25. The molecular weight excluding hydrogens is 178 g/mol. The Morgan fingerprint density at radius 1 is 1.21 bits per heavy atom.